The summed E-state index contributed by atoms with van der Waals surface area (Å²) in [5.74, 6) is -2.09. The zero-order chi connectivity index (χ0) is 19.9. The summed E-state index contributed by atoms with van der Waals surface area (Å²) < 4.78 is 27.3. The highest BCUT2D eigenvalue weighted by Gasteiger charge is 2.12. The van der Waals surface area contributed by atoms with E-state index in [1.165, 1.54) is 24.3 Å². The zero-order valence-corrected chi connectivity index (χ0v) is 15.3. The molecule has 0 spiro atoms. The van der Waals surface area contributed by atoms with Gasteiger partial charge in [-0.15, -0.1) is 0 Å². The Bertz CT molecular complexity index is 924. The first-order chi connectivity index (χ1) is 12.7. The molecule has 8 nitrogen and oxygen atoms in total. The number of hydrogen-bond donors (Lipinski definition) is 2. The van der Waals surface area contributed by atoms with Crippen molar-refractivity contribution in [2.45, 2.75) is 5.75 Å². The monoisotopic (exact) mass is 390 g/mol. The molecule has 0 aliphatic carbocycles. The van der Waals surface area contributed by atoms with E-state index in [4.69, 9.17) is 4.74 Å². The summed E-state index contributed by atoms with van der Waals surface area (Å²) in [4.78, 5) is 35.3. The molecule has 0 atom stereocenters. The van der Waals surface area contributed by atoms with E-state index in [0.717, 1.165) is 6.26 Å². The third-order valence-electron chi connectivity index (χ3n) is 3.30. The summed E-state index contributed by atoms with van der Waals surface area (Å²) in [5.41, 5.74) is 5.42. The Kier molecular flexibility index (Phi) is 6.67. The molecule has 0 saturated heterocycles. The Morgan fingerprint density at radius 3 is 2.11 bits per heavy atom. The Morgan fingerprint density at radius 2 is 1.52 bits per heavy atom. The van der Waals surface area contributed by atoms with Crippen LogP contribution in [0.5, 0.6) is 0 Å². The smallest absolute Gasteiger partial charge is 0.338 e. The lowest BCUT2D eigenvalue weighted by Crippen LogP contribution is -2.43. The van der Waals surface area contributed by atoms with E-state index in [-0.39, 0.29) is 11.3 Å². The first kappa shape index (κ1) is 20.1. The number of hydrogen-bond acceptors (Lipinski definition) is 6. The highest BCUT2D eigenvalue weighted by atomic mass is 32.2. The summed E-state index contributed by atoms with van der Waals surface area (Å²) in [6, 6.07) is 14.1. The predicted molar refractivity (Wildman–Crippen MR) is 97.3 cm³/mol. The second-order valence-corrected chi connectivity index (χ2v) is 7.85. The van der Waals surface area contributed by atoms with Crippen molar-refractivity contribution in [3.05, 3.63) is 71.3 Å². The Balaban J connectivity index is 1.79. The number of hydrazine groups is 1. The summed E-state index contributed by atoms with van der Waals surface area (Å²) >= 11 is 0. The average Bonchev–Trinajstić information content (AvgIpc) is 2.64. The molecule has 0 aliphatic rings. The van der Waals surface area contributed by atoms with Crippen LogP contribution in [-0.4, -0.2) is 39.1 Å². The molecule has 2 amide bonds. The van der Waals surface area contributed by atoms with Crippen LogP contribution in [-0.2, 0) is 25.1 Å². The van der Waals surface area contributed by atoms with Gasteiger partial charge >= 0.3 is 5.97 Å². The molecule has 2 N–H and O–H groups in total. The molecular formula is C18H18N2O6S. The van der Waals surface area contributed by atoms with Gasteiger partial charge in [-0.3, -0.25) is 20.4 Å². The normalized spacial score (nSPS) is 10.7. The van der Waals surface area contributed by atoms with E-state index in [1.807, 2.05) is 0 Å². The summed E-state index contributed by atoms with van der Waals surface area (Å²) in [6.07, 6.45) is 1.12. The second kappa shape index (κ2) is 8.95. The molecule has 2 rings (SSSR count). The largest absolute Gasteiger partial charge is 0.452 e. The van der Waals surface area contributed by atoms with Gasteiger partial charge in [-0.2, -0.15) is 0 Å². The van der Waals surface area contributed by atoms with E-state index < -0.39 is 34.2 Å². The fourth-order valence-electron chi connectivity index (χ4n) is 2.08. The number of carbonyl (C=O) groups excluding carboxylic acids is 3. The fourth-order valence-corrected chi connectivity index (χ4v) is 2.88. The lowest BCUT2D eigenvalue weighted by Gasteiger charge is -2.08. The van der Waals surface area contributed by atoms with Crippen molar-refractivity contribution in [3.8, 4) is 0 Å². The van der Waals surface area contributed by atoms with Crippen molar-refractivity contribution in [1.29, 1.82) is 0 Å². The molecule has 142 valence electrons. The molecule has 2 aromatic rings. The van der Waals surface area contributed by atoms with Crippen LogP contribution in [0.4, 0.5) is 0 Å². The number of nitrogens with one attached hydrogen (secondary N) is 2. The van der Waals surface area contributed by atoms with Crippen LogP contribution in [0.2, 0.25) is 0 Å². The van der Waals surface area contributed by atoms with E-state index >= 15 is 0 Å². The number of benzene rings is 2. The molecule has 0 saturated carbocycles. The highest BCUT2D eigenvalue weighted by molar-refractivity contribution is 7.89. The van der Waals surface area contributed by atoms with Gasteiger partial charge in [0.1, 0.15) is 0 Å². The Labute approximate surface area is 156 Å². The number of sulfone groups is 1. The van der Waals surface area contributed by atoms with E-state index in [0.29, 0.717) is 11.1 Å². The van der Waals surface area contributed by atoms with Gasteiger partial charge in [-0.05, 0) is 29.8 Å². The molecular weight excluding hydrogens is 372 g/mol. The van der Waals surface area contributed by atoms with Crippen LogP contribution in [0.15, 0.2) is 54.6 Å². The Morgan fingerprint density at radius 1 is 0.889 bits per heavy atom. The highest BCUT2D eigenvalue weighted by Crippen LogP contribution is 2.09. The molecule has 0 radical (unpaired) electrons. The van der Waals surface area contributed by atoms with Gasteiger partial charge in [0.15, 0.2) is 16.4 Å². The lowest BCUT2D eigenvalue weighted by atomic mass is 10.1. The van der Waals surface area contributed by atoms with Crippen LogP contribution in [0, 0.1) is 0 Å². The fraction of sp³-hybridized carbons (Fsp3) is 0.167. The minimum absolute atomic E-state index is 0.133. The maximum Gasteiger partial charge on any atom is 0.338 e. The molecule has 0 fully saturated rings. The molecule has 0 bridgehead atoms. The van der Waals surface area contributed by atoms with Gasteiger partial charge in [0.05, 0.1) is 11.3 Å². The van der Waals surface area contributed by atoms with Crippen molar-refractivity contribution >= 4 is 27.6 Å². The van der Waals surface area contributed by atoms with Crippen LogP contribution in [0.3, 0.4) is 0 Å². The number of rotatable bonds is 6. The summed E-state index contributed by atoms with van der Waals surface area (Å²) in [7, 11) is -3.17. The second-order valence-electron chi connectivity index (χ2n) is 5.71. The first-order valence-corrected chi connectivity index (χ1v) is 9.89. The molecule has 0 aliphatic heterocycles. The Hall–Kier alpha value is -3.20. The maximum atomic E-state index is 11.9. The van der Waals surface area contributed by atoms with Crippen molar-refractivity contribution in [2.24, 2.45) is 0 Å². The van der Waals surface area contributed by atoms with Crippen molar-refractivity contribution in [1.82, 2.24) is 10.9 Å². The van der Waals surface area contributed by atoms with Gasteiger partial charge in [0.25, 0.3) is 11.8 Å². The topological polar surface area (TPSA) is 119 Å². The number of esters is 1. The van der Waals surface area contributed by atoms with Gasteiger partial charge < -0.3 is 4.74 Å². The molecule has 0 aromatic heterocycles. The quantitative estimate of drug-likeness (QED) is 0.558. The minimum atomic E-state index is -3.17. The standard InChI is InChI=1S/C18H18N2O6S/c1-27(24,25)12-13-7-9-15(10-8-13)18(23)26-11-16(21)19-20-17(22)14-5-3-2-4-6-14/h2-10H,11-12H2,1H3,(H,19,21)(H,20,22). The number of carbonyl (C=O) groups is 3. The summed E-state index contributed by atoms with van der Waals surface area (Å²) in [6.45, 7) is -0.584. The summed E-state index contributed by atoms with van der Waals surface area (Å²) in [5, 5.41) is 0. The van der Waals surface area contributed by atoms with Crippen LogP contribution in [0.25, 0.3) is 0 Å². The van der Waals surface area contributed by atoms with Gasteiger partial charge in [0, 0.05) is 11.8 Å². The van der Waals surface area contributed by atoms with E-state index in [2.05, 4.69) is 10.9 Å². The lowest BCUT2D eigenvalue weighted by molar-refractivity contribution is -0.125. The molecule has 2 aromatic carbocycles. The number of ether oxygens (including phenoxy) is 1. The minimum Gasteiger partial charge on any atom is -0.452 e. The molecule has 9 heteroatoms. The van der Waals surface area contributed by atoms with Crippen LogP contribution >= 0.6 is 0 Å². The van der Waals surface area contributed by atoms with E-state index in [1.54, 1.807) is 30.3 Å². The average molecular weight is 390 g/mol. The molecule has 0 unspecified atom stereocenters. The van der Waals surface area contributed by atoms with Crippen molar-refractivity contribution < 1.29 is 27.5 Å². The predicted octanol–water partition coefficient (Wildman–Crippen LogP) is 0.849. The maximum absolute atomic E-state index is 11.9. The SMILES string of the molecule is CS(=O)(=O)Cc1ccc(C(=O)OCC(=O)NNC(=O)c2ccccc2)cc1. The van der Waals surface area contributed by atoms with Crippen LogP contribution < -0.4 is 10.9 Å². The van der Waals surface area contributed by atoms with Crippen molar-refractivity contribution in [2.75, 3.05) is 12.9 Å². The van der Waals surface area contributed by atoms with E-state index in [9.17, 15) is 22.8 Å². The third kappa shape index (κ3) is 6.90. The van der Waals surface area contributed by atoms with Gasteiger partial charge in [-0.25, -0.2) is 13.2 Å². The third-order valence-corrected chi connectivity index (χ3v) is 4.16. The van der Waals surface area contributed by atoms with Crippen molar-refractivity contribution in [3.63, 3.8) is 0 Å². The van der Waals surface area contributed by atoms with Gasteiger partial charge in [0.2, 0.25) is 0 Å². The zero-order valence-electron chi connectivity index (χ0n) is 14.5. The molecule has 27 heavy (non-hydrogen) atoms. The number of amides is 2. The van der Waals surface area contributed by atoms with Gasteiger partial charge in [-0.1, -0.05) is 30.3 Å². The van der Waals surface area contributed by atoms with Crippen LogP contribution in [0.1, 0.15) is 26.3 Å². The molecule has 0 heterocycles. The first-order valence-electron chi connectivity index (χ1n) is 7.82.